The summed E-state index contributed by atoms with van der Waals surface area (Å²) in [4.78, 5) is 11.7. The quantitative estimate of drug-likeness (QED) is 0.625. The first-order chi connectivity index (χ1) is 7.06. The first-order valence-electron chi connectivity index (χ1n) is 4.67. The Morgan fingerprint density at radius 3 is 2.80 bits per heavy atom. The standard InChI is InChI=1S/C11H12BrClO2/c1-3-15-10-6-8(12)4-5-9(10)11(14)7(2)13/h4-7H,3H2,1-2H3. The number of hydrogen-bond acceptors (Lipinski definition) is 2. The van der Waals surface area contributed by atoms with Gasteiger partial charge in [0.1, 0.15) is 5.75 Å². The molecule has 0 aliphatic rings. The Morgan fingerprint density at radius 1 is 1.60 bits per heavy atom. The monoisotopic (exact) mass is 290 g/mol. The number of Topliss-reactive ketones (excluding diaryl/α,β-unsaturated/α-hetero) is 1. The van der Waals surface area contributed by atoms with Crippen LogP contribution in [0.4, 0.5) is 0 Å². The molecule has 1 atom stereocenters. The second kappa shape index (κ2) is 5.52. The van der Waals surface area contributed by atoms with E-state index in [0.29, 0.717) is 17.9 Å². The predicted molar refractivity (Wildman–Crippen MR) is 65.0 cm³/mol. The zero-order valence-electron chi connectivity index (χ0n) is 8.59. The molecule has 82 valence electrons. The van der Waals surface area contributed by atoms with Crippen LogP contribution in [0, 0.1) is 0 Å². The smallest absolute Gasteiger partial charge is 0.184 e. The van der Waals surface area contributed by atoms with Crippen molar-refractivity contribution in [2.75, 3.05) is 6.61 Å². The lowest BCUT2D eigenvalue weighted by Crippen LogP contribution is -2.12. The molecule has 1 unspecified atom stereocenters. The Balaban J connectivity index is 3.10. The van der Waals surface area contributed by atoms with E-state index in [9.17, 15) is 4.79 Å². The largest absolute Gasteiger partial charge is 0.493 e. The van der Waals surface area contributed by atoms with Gasteiger partial charge in [-0.05, 0) is 32.0 Å². The Bertz CT molecular complexity index is 364. The van der Waals surface area contributed by atoms with Crippen LogP contribution in [0.3, 0.4) is 0 Å². The van der Waals surface area contributed by atoms with Crippen LogP contribution in [-0.2, 0) is 0 Å². The van der Waals surface area contributed by atoms with Gasteiger partial charge in [-0.3, -0.25) is 4.79 Å². The van der Waals surface area contributed by atoms with E-state index in [4.69, 9.17) is 16.3 Å². The van der Waals surface area contributed by atoms with Gasteiger partial charge in [0.15, 0.2) is 5.78 Å². The highest BCUT2D eigenvalue weighted by atomic mass is 79.9. The van der Waals surface area contributed by atoms with Gasteiger partial charge < -0.3 is 4.74 Å². The van der Waals surface area contributed by atoms with Crippen molar-refractivity contribution >= 4 is 33.3 Å². The van der Waals surface area contributed by atoms with Gasteiger partial charge in [-0.25, -0.2) is 0 Å². The molecule has 1 rings (SSSR count). The van der Waals surface area contributed by atoms with Crippen LogP contribution >= 0.6 is 27.5 Å². The SMILES string of the molecule is CCOc1cc(Br)ccc1C(=O)C(C)Cl. The van der Waals surface area contributed by atoms with Crippen LogP contribution in [0.1, 0.15) is 24.2 Å². The molecule has 0 aromatic heterocycles. The second-order valence-corrected chi connectivity index (χ2v) is 4.62. The van der Waals surface area contributed by atoms with Gasteiger partial charge in [0.2, 0.25) is 0 Å². The number of carbonyl (C=O) groups is 1. The minimum Gasteiger partial charge on any atom is -0.493 e. The van der Waals surface area contributed by atoms with Gasteiger partial charge in [-0.15, -0.1) is 11.6 Å². The zero-order chi connectivity index (χ0) is 11.4. The lowest BCUT2D eigenvalue weighted by atomic mass is 10.1. The molecule has 0 amide bonds. The Kier molecular flexibility index (Phi) is 4.61. The molecule has 2 nitrogen and oxygen atoms in total. The van der Waals surface area contributed by atoms with E-state index < -0.39 is 5.38 Å². The molecule has 0 N–H and O–H groups in total. The zero-order valence-corrected chi connectivity index (χ0v) is 10.9. The summed E-state index contributed by atoms with van der Waals surface area (Å²) < 4.78 is 6.26. The molecule has 0 saturated carbocycles. The predicted octanol–water partition coefficient (Wildman–Crippen LogP) is 3.66. The van der Waals surface area contributed by atoms with E-state index >= 15 is 0 Å². The molecule has 0 heterocycles. The van der Waals surface area contributed by atoms with E-state index in [0.717, 1.165) is 4.47 Å². The maximum absolute atomic E-state index is 11.7. The van der Waals surface area contributed by atoms with Crippen molar-refractivity contribution in [3.8, 4) is 5.75 Å². The number of ketones is 1. The van der Waals surface area contributed by atoms with Gasteiger partial charge >= 0.3 is 0 Å². The fourth-order valence-electron chi connectivity index (χ4n) is 1.19. The van der Waals surface area contributed by atoms with Crippen LogP contribution in [0.25, 0.3) is 0 Å². The molecule has 15 heavy (non-hydrogen) atoms. The number of alkyl halides is 1. The molecule has 0 saturated heterocycles. The minimum atomic E-state index is -0.537. The molecule has 0 aliphatic carbocycles. The van der Waals surface area contributed by atoms with Crippen molar-refractivity contribution in [2.24, 2.45) is 0 Å². The molecule has 4 heteroatoms. The number of ether oxygens (including phenoxy) is 1. The van der Waals surface area contributed by atoms with Gasteiger partial charge in [-0.1, -0.05) is 15.9 Å². The summed E-state index contributed by atoms with van der Waals surface area (Å²) in [7, 11) is 0. The van der Waals surface area contributed by atoms with Crippen molar-refractivity contribution in [3.05, 3.63) is 28.2 Å². The van der Waals surface area contributed by atoms with E-state index in [2.05, 4.69) is 15.9 Å². The second-order valence-electron chi connectivity index (χ2n) is 3.05. The van der Waals surface area contributed by atoms with Gasteiger partial charge in [0.25, 0.3) is 0 Å². The normalized spacial score (nSPS) is 12.3. The topological polar surface area (TPSA) is 26.3 Å². The van der Waals surface area contributed by atoms with Crippen molar-refractivity contribution in [2.45, 2.75) is 19.2 Å². The van der Waals surface area contributed by atoms with Crippen molar-refractivity contribution in [1.29, 1.82) is 0 Å². The summed E-state index contributed by atoms with van der Waals surface area (Å²) in [6, 6.07) is 5.29. The highest BCUT2D eigenvalue weighted by Crippen LogP contribution is 2.25. The Labute approximate surface area is 103 Å². The van der Waals surface area contributed by atoms with Gasteiger partial charge in [-0.2, -0.15) is 0 Å². The summed E-state index contributed by atoms with van der Waals surface area (Å²) in [5, 5.41) is -0.537. The van der Waals surface area contributed by atoms with E-state index in [1.165, 1.54) is 0 Å². The fraction of sp³-hybridized carbons (Fsp3) is 0.364. The molecule has 0 bridgehead atoms. The molecular weight excluding hydrogens is 279 g/mol. The maximum atomic E-state index is 11.7. The van der Waals surface area contributed by atoms with Crippen molar-refractivity contribution < 1.29 is 9.53 Å². The molecule has 0 aliphatic heterocycles. The Hall–Kier alpha value is -0.540. The molecule has 0 spiro atoms. The highest BCUT2D eigenvalue weighted by molar-refractivity contribution is 9.10. The third-order valence-electron chi connectivity index (χ3n) is 1.87. The maximum Gasteiger partial charge on any atom is 0.184 e. The van der Waals surface area contributed by atoms with E-state index in [-0.39, 0.29) is 5.78 Å². The van der Waals surface area contributed by atoms with Crippen molar-refractivity contribution in [3.63, 3.8) is 0 Å². The average Bonchev–Trinajstić information content (AvgIpc) is 2.17. The van der Waals surface area contributed by atoms with E-state index in [1.54, 1.807) is 25.1 Å². The van der Waals surface area contributed by atoms with Gasteiger partial charge in [0.05, 0.1) is 17.5 Å². The van der Waals surface area contributed by atoms with Gasteiger partial charge in [0, 0.05) is 4.47 Å². The number of rotatable bonds is 4. The number of benzene rings is 1. The lowest BCUT2D eigenvalue weighted by molar-refractivity contribution is 0.0988. The van der Waals surface area contributed by atoms with Crippen LogP contribution in [0.15, 0.2) is 22.7 Å². The summed E-state index contributed by atoms with van der Waals surface area (Å²) in [6.45, 7) is 4.05. The third kappa shape index (κ3) is 3.21. The van der Waals surface area contributed by atoms with Crippen LogP contribution in [-0.4, -0.2) is 17.8 Å². The lowest BCUT2D eigenvalue weighted by Gasteiger charge is -2.10. The summed E-state index contributed by atoms with van der Waals surface area (Å²) in [6.07, 6.45) is 0. The van der Waals surface area contributed by atoms with Crippen LogP contribution in [0.2, 0.25) is 0 Å². The van der Waals surface area contributed by atoms with E-state index in [1.807, 2.05) is 6.92 Å². The van der Waals surface area contributed by atoms with Crippen LogP contribution < -0.4 is 4.74 Å². The summed E-state index contributed by atoms with van der Waals surface area (Å²) in [5.41, 5.74) is 0.530. The number of halogens is 2. The summed E-state index contributed by atoms with van der Waals surface area (Å²) >= 11 is 9.09. The minimum absolute atomic E-state index is 0.118. The molecule has 0 radical (unpaired) electrons. The number of carbonyl (C=O) groups excluding carboxylic acids is 1. The molecule has 1 aromatic rings. The summed E-state index contributed by atoms with van der Waals surface area (Å²) in [5.74, 6) is 0.456. The first kappa shape index (κ1) is 12.5. The van der Waals surface area contributed by atoms with Crippen molar-refractivity contribution in [1.82, 2.24) is 0 Å². The number of hydrogen-bond donors (Lipinski definition) is 0. The molecule has 0 fully saturated rings. The molecule has 1 aromatic carbocycles. The molecular formula is C11H12BrClO2. The highest BCUT2D eigenvalue weighted by Gasteiger charge is 2.17. The third-order valence-corrected chi connectivity index (χ3v) is 2.56. The first-order valence-corrected chi connectivity index (χ1v) is 5.89. The Morgan fingerprint density at radius 2 is 2.27 bits per heavy atom. The average molecular weight is 292 g/mol. The van der Waals surface area contributed by atoms with Crippen LogP contribution in [0.5, 0.6) is 5.75 Å². The fourth-order valence-corrected chi connectivity index (χ4v) is 1.65.